The molecule has 4 fully saturated rings. The topological polar surface area (TPSA) is 132 Å². The first kappa shape index (κ1) is 25.5. The fourth-order valence-electron chi connectivity index (χ4n) is 6.23. The summed E-state index contributed by atoms with van der Waals surface area (Å²) in [6.45, 7) is 1.70. The average Bonchev–Trinajstić information content (AvgIpc) is 3.58. The van der Waals surface area contributed by atoms with Gasteiger partial charge in [-0.2, -0.15) is 22.3 Å². The molecule has 11 heteroatoms. The monoisotopic (exact) mass is 538 g/mol. The largest absolute Gasteiger partial charge is 0.360 e. The van der Waals surface area contributed by atoms with Gasteiger partial charge in [-0.15, -0.1) is 0 Å². The number of piperidine rings is 2. The van der Waals surface area contributed by atoms with E-state index in [1.54, 1.807) is 14.7 Å². The SMILES string of the molecule is N#Cc1ccc(CNC2CCN(S(=O)(=O)N3[C@@H]4CC[C@H]3CC(NC(=O)c3cc(C5CC5)on3)C4)CC2)cc1. The summed E-state index contributed by atoms with van der Waals surface area (Å²) in [7, 11) is -3.55. The minimum Gasteiger partial charge on any atom is -0.360 e. The van der Waals surface area contributed by atoms with Crippen LogP contribution in [0, 0.1) is 11.3 Å². The molecule has 202 valence electrons. The Labute approximate surface area is 223 Å². The highest BCUT2D eigenvalue weighted by Crippen LogP contribution is 2.41. The molecule has 4 aliphatic rings. The first-order chi connectivity index (χ1) is 18.4. The van der Waals surface area contributed by atoms with Crippen molar-refractivity contribution in [3.8, 4) is 6.07 Å². The van der Waals surface area contributed by atoms with E-state index in [0.717, 1.165) is 49.8 Å². The Hall–Kier alpha value is -2.78. The molecule has 2 N–H and O–H groups in total. The van der Waals surface area contributed by atoms with Crippen LogP contribution in [-0.4, -0.2) is 65.3 Å². The molecule has 1 amide bonds. The zero-order chi connectivity index (χ0) is 26.3. The molecule has 0 radical (unpaired) electrons. The number of rotatable bonds is 8. The molecule has 1 saturated carbocycles. The van der Waals surface area contributed by atoms with E-state index in [1.165, 1.54) is 0 Å². The van der Waals surface area contributed by atoms with Crippen LogP contribution in [0.4, 0.5) is 0 Å². The molecule has 1 aliphatic carbocycles. The number of nitriles is 1. The predicted octanol–water partition coefficient (Wildman–Crippen LogP) is 2.65. The summed E-state index contributed by atoms with van der Waals surface area (Å²) in [4.78, 5) is 12.7. The number of hydrogen-bond donors (Lipinski definition) is 2. The molecule has 3 aliphatic heterocycles. The fraction of sp³-hybridized carbons (Fsp3) is 0.593. The lowest BCUT2D eigenvalue weighted by Crippen LogP contribution is -2.57. The van der Waals surface area contributed by atoms with Crippen molar-refractivity contribution in [3.63, 3.8) is 0 Å². The van der Waals surface area contributed by atoms with E-state index in [4.69, 9.17) is 9.78 Å². The molecule has 6 rings (SSSR count). The van der Waals surface area contributed by atoms with Gasteiger partial charge in [0.1, 0.15) is 5.76 Å². The Balaban J connectivity index is 1.01. The van der Waals surface area contributed by atoms with Crippen LogP contribution in [-0.2, 0) is 16.8 Å². The van der Waals surface area contributed by atoms with Crippen LogP contribution in [0.15, 0.2) is 34.9 Å². The van der Waals surface area contributed by atoms with E-state index in [2.05, 4.69) is 21.9 Å². The molecule has 1 aromatic heterocycles. The number of amides is 1. The van der Waals surface area contributed by atoms with Crippen LogP contribution in [0.5, 0.6) is 0 Å². The average molecular weight is 539 g/mol. The third-order valence-corrected chi connectivity index (χ3v) is 10.6. The van der Waals surface area contributed by atoms with Gasteiger partial charge in [-0.3, -0.25) is 4.79 Å². The van der Waals surface area contributed by atoms with Crippen LogP contribution in [0.25, 0.3) is 0 Å². The van der Waals surface area contributed by atoms with Crippen LogP contribution in [0.2, 0.25) is 0 Å². The van der Waals surface area contributed by atoms with E-state index < -0.39 is 10.2 Å². The summed E-state index contributed by atoms with van der Waals surface area (Å²) >= 11 is 0. The van der Waals surface area contributed by atoms with Crippen molar-refractivity contribution in [1.82, 2.24) is 24.4 Å². The number of hydrogen-bond acceptors (Lipinski definition) is 7. The number of fused-ring (bicyclic) bond motifs is 2. The van der Waals surface area contributed by atoms with Crippen LogP contribution >= 0.6 is 0 Å². The molecular formula is C27H34N6O4S. The molecule has 0 spiro atoms. The van der Waals surface area contributed by atoms with E-state index >= 15 is 0 Å². The second-order valence-corrected chi connectivity index (χ2v) is 12.9. The summed E-state index contributed by atoms with van der Waals surface area (Å²) in [6, 6.07) is 11.4. The van der Waals surface area contributed by atoms with Gasteiger partial charge in [0, 0.05) is 55.8 Å². The van der Waals surface area contributed by atoms with Gasteiger partial charge in [0.05, 0.1) is 11.6 Å². The Kier molecular flexibility index (Phi) is 6.99. The zero-order valence-corrected chi connectivity index (χ0v) is 22.2. The molecule has 3 saturated heterocycles. The van der Waals surface area contributed by atoms with Gasteiger partial charge in [-0.25, -0.2) is 0 Å². The Morgan fingerprint density at radius 2 is 1.71 bits per heavy atom. The quantitative estimate of drug-likeness (QED) is 0.528. The minimum atomic E-state index is -3.55. The molecule has 1 aromatic carbocycles. The van der Waals surface area contributed by atoms with Crippen molar-refractivity contribution >= 4 is 16.1 Å². The summed E-state index contributed by atoms with van der Waals surface area (Å²) in [6.07, 6.45) is 6.59. The summed E-state index contributed by atoms with van der Waals surface area (Å²) in [5.74, 6) is 0.943. The Morgan fingerprint density at radius 3 is 2.34 bits per heavy atom. The lowest BCUT2D eigenvalue weighted by Gasteiger charge is -2.42. The van der Waals surface area contributed by atoms with E-state index in [9.17, 15) is 13.2 Å². The summed E-state index contributed by atoms with van der Waals surface area (Å²) in [5, 5.41) is 19.5. The van der Waals surface area contributed by atoms with Gasteiger partial charge in [0.25, 0.3) is 16.1 Å². The van der Waals surface area contributed by atoms with Crippen LogP contribution < -0.4 is 10.6 Å². The predicted molar refractivity (Wildman–Crippen MR) is 139 cm³/mol. The second kappa shape index (κ2) is 10.4. The summed E-state index contributed by atoms with van der Waals surface area (Å²) < 4.78 is 36.0. The second-order valence-electron chi connectivity index (χ2n) is 11.1. The first-order valence-corrected chi connectivity index (χ1v) is 15.1. The molecule has 3 atom stereocenters. The molecule has 2 aromatic rings. The van der Waals surface area contributed by atoms with E-state index in [-0.39, 0.29) is 30.1 Å². The summed E-state index contributed by atoms with van der Waals surface area (Å²) in [5.41, 5.74) is 2.06. The number of carbonyl (C=O) groups excluding carboxylic acids is 1. The van der Waals surface area contributed by atoms with E-state index in [0.29, 0.717) is 49.7 Å². The maximum Gasteiger partial charge on any atom is 0.282 e. The normalized spacial score (nSPS) is 26.8. The van der Waals surface area contributed by atoms with Crippen LogP contribution in [0.3, 0.4) is 0 Å². The molecular weight excluding hydrogens is 504 g/mol. The number of benzene rings is 1. The number of aromatic nitrogens is 1. The minimum absolute atomic E-state index is 0.0651. The van der Waals surface area contributed by atoms with Crippen molar-refractivity contribution in [1.29, 1.82) is 5.26 Å². The highest BCUT2D eigenvalue weighted by molar-refractivity contribution is 7.86. The molecule has 4 heterocycles. The van der Waals surface area contributed by atoms with Crippen molar-refractivity contribution in [2.45, 2.75) is 88.0 Å². The van der Waals surface area contributed by atoms with Crippen molar-refractivity contribution in [3.05, 3.63) is 52.9 Å². The van der Waals surface area contributed by atoms with Gasteiger partial charge in [-0.05, 0) is 69.1 Å². The number of carbonyl (C=O) groups is 1. The van der Waals surface area contributed by atoms with Crippen molar-refractivity contribution in [2.24, 2.45) is 0 Å². The van der Waals surface area contributed by atoms with Gasteiger partial charge in [0.15, 0.2) is 5.69 Å². The number of nitrogens with zero attached hydrogens (tertiary/aromatic N) is 4. The van der Waals surface area contributed by atoms with Crippen LogP contribution in [0.1, 0.15) is 84.7 Å². The van der Waals surface area contributed by atoms with Gasteiger partial charge >= 0.3 is 0 Å². The fourth-order valence-corrected chi connectivity index (χ4v) is 8.30. The highest BCUT2D eigenvalue weighted by atomic mass is 32.2. The molecule has 10 nitrogen and oxygen atoms in total. The highest BCUT2D eigenvalue weighted by Gasteiger charge is 2.49. The Bertz CT molecular complexity index is 1290. The Morgan fingerprint density at radius 1 is 1.03 bits per heavy atom. The molecule has 2 bridgehead atoms. The van der Waals surface area contributed by atoms with Gasteiger partial charge in [0.2, 0.25) is 0 Å². The smallest absolute Gasteiger partial charge is 0.282 e. The van der Waals surface area contributed by atoms with Gasteiger partial charge < -0.3 is 15.2 Å². The van der Waals surface area contributed by atoms with Gasteiger partial charge in [-0.1, -0.05) is 17.3 Å². The zero-order valence-electron chi connectivity index (χ0n) is 21.4. The molecule has 38 heavy (non-hydrogen) atoms. The van der Waals surface area contributed by atoms with Crippen molar-refractivity contribution < 1.29 is 17.7 Å². The molecule has 1 unspecified atom stereocenters. The maximum absolute atomic E-state index is 13.7. The maximum atomic E-state index is 13.7. The van der Waals surface area contributed by atoms with E-state index in [1.807, 2.05) is 24.3 Å². The van der Waals surface area contributed by atoms with Crippen molar-refractivity contribution in [2.75, 3.05) is 13.1 Å². The third kappa shape index (κ3) is 5.23. The number of nitrogens with one attached hydrogen (secondary N) is 2. The lowest BCUT2D eigenvalue weighted by molar-refractivity contribution is 0.0897. The first-order valence-electron chi connectivity index (χ1n) is 13.7. The third-order valence-electron chi connectivity index (χ3n) is 8.47. The lowest BCUT2D eigenvalue weighted by atomic mass is 9.99. The standard InChI is InChI=1S/C27H34N6O4S/c28-16-18-1-3-19(4-2-18)17-29-21-9-11-32(12-10-21)38(35,36)33-23-7-8-24(33)14-22(13-23)30-27(34)25-15-26(37-31-25)20-5-6-20/h1-4,15,20-24,29H,5-14,17H2,(H,30,34)/t22?,23-,24+.